The number of hydrogen-bond acceptors (Lipinski definition) is 4. The van der Waals surface area contributed by atoms with Crippen molar-refractivity contribution in [3.05, 3.63) is 48.3 Å². The van der Waals surface area contributed by atoms with E-state index in [9.17, 15) is 0 Å². The Balaban J connectivity index is 2.35. The van der Waals surface area contributed by atoms with E-state index in [0.29, 0.717) is 11.5 Å². The van der Waals surface area contributed by atoms with Gasteiger partial charge in [-0.2, -0.15) is 5.26 Å². The second-order valence-electron chi connectivity index (χ2n) is 3.24. The molecule has 0 unspecified atom stereocenters. The molecule has 78 valence electrons. The van der Waals surface area contributed by atoms with Crippen LogP contribution in [0.2, 0.25) is 0 Å². The van der Waals surface area contributed by atoms with Crippen LogP contribution in [0.25, 0.3) is 0 Å². The lowest BCUT2D eigenvalue weighted by Gasteiger charge is -2.16. The quantitative estimate of drug-likeness (QED) is 0.761. The molecular weight excluding hydrogens is 200 g/mol. The van der Waals surface area contributed by atoms with Gasteiger partial charge in [-0.05, 0) is 24.3 Å². The first-order chi connectivity index (χ1) is 7.81. The first-order valence-corrected chi connectivity index (χ1v) is 4.83. The molecule has 2 aromatic heterocycles. The molecule has 0 aliphatic rings. The van der Waals surface area contributed by atoms with Crippen molar-refractivity contribution in [2.45, 2.75) is 0 Å². The standard InChI is InChI=1S/C12H10N4/c1-16(11-6-2-3-8-14-11)12-7-4-5-10(9-13)15-12/h2-8H,1H3. The van der Waals surface area contributed by atoms with Crippen LogP contribution >= 0.6 is 0 Å². The predicted octanol–water partition coefficient (Wildman–Crippen LogP) is 2.12. The first-order valence-electron chi connectivity index (χ1n) is 4.83. The number of nitrogens with zero attached hydrogens (tertiary/aromatic N) is 4. The zero-order chi connectivity index (χ0) is 11.4. The topological polar surface area (TPSA) is 52.8 Å². The van der Waals surface area contributed by atoms with Crippen LogP contribution in [0.1, 0.15) is 5.69 Å². The minimum Gasteiger partial charge on any atom is -0.314 e. The Bertz CT molecular complexity index is 516. The third-order valence-electron chi connectivity index (χ3n) is 2.19. The van der Waals surface area contributed by atoms with Gasteiger partial charge in [-0.15, -0.1) is 0 Å². The third-order valence-corrected chi connectivity index (χ3v) is 2.19. The Kier molecular flexibility index (Phi) is 2.79. The van der Waals surface area contributed by atoms with Crippen molar-refractivity contribution in [2.75, 3.05) is 11.9 Å². The summed E-state index contributed by atoms with van der Waals surface area (Å²) in [5.74, 6) is 1.50. The summed E-state index contributed by atoms with van der Waals surface area (Å²) < 4.78 is 0. The van der Waals surface area contributed by atoms with E-state index in [1.54, 1.807) is 18.3 Å². The lowest BCUT2D eigenvalue weighted by atomic mass is 10.3. The molecule has 0 saturated heterocycles. The number of anilines is 2. The molecule has 0 aromatic carbocycles. The van der Waals surface area contributed by atoms with Crippen LogP contribution < -0.4 is 4.90 Å². The van der Waals surface area contributed by atoms with Crippen LogP contribution in [0, 0.1) is 11.3 Å². The molecule has 2 rings (SSSR count). The van der Waals surface area contributed by atoms with Gasteiger partial charge in [-0.1, -0.05) is 12.1 Å². The number of nitriles is 1. The van der Waals surface area contributed by atoms with Gasteiger partial charge >= 0.3 is 0 Å². The molecule has 0 aliphatic heterocycles. The highest BCUT2D eigenvalue weighted by Crippen LogP contribution is 2.18. The highest BCUT2D eigenvalue weighted by atomic mass is 15.2. The highest BCUT2D eigenvalue weighted by Gasteiger charge is 2.06. The van der Waals surface area contributed by atoms with E-state index in [1.807, 2.05) is 42.3 Å². The largest absolute Gasteiger partial charge is 0.314 e. The van der Waals surface area contributed by atoms with Crippen molar-refractivity contribution >= 4 is 11.6 Å². The fraction of sp³-hybridized carbons (Fsp3) is 0.0833. The van der Waals surface area contributed by atoms with Gasteiger partial charge in [0.05, 0.1) is 0 Å². The van der Waals surface area contributed by atoms with Crippen molar-refractivity contribution < 1.29 is 0 Å². The third kappa shape index (κ3) is 1.98. The number of rotatable bonds is 2. The Morgan fingerprint density at radius 2 is 1.94 bits per heavy atom. The zero-order valence-electron chi connectivity index (χ0n) is 8.83. The predicted molar refractivity (Wildman–Crippen MR) is 61.3 cm³/mol. The van der Waals surface area contributed by atoms with Gasteiger partial charge < -0.3 is 4.90 Å². The maximum absolute atomic E-state index is 8.77. The Morgan fingerprint density at radius 3 is 2.62 bits per heavy atom. The van der Waals surface area contributed by atoms with Gasteiger partial charge in [-0.25, -0.2) is 9.97 Å². The summed E-state index contributed by atoms with van der Waals surface area (Å²) in [6.45, 7) is 0. The molecule has 16 heavy (non-hydrogen) atoms. The fourth-order valence-electron chi connectivity index (χ4n) is 1.34. The van der Waals surface area contributed by atoms with Crippen molar-refractivity contribution in [1.82, 2.24) is 9.97 Å². The maximum Gasteiger partial charge on any atom is 0.142 e. The summed E-state index contributed by atoms with van der Waals surface area (Å²) in [5.41, 5.74) is 0.403. The van der Waals surface area contributed by atoms with E-state index in [4.69, 9.17) is 5.26 Å². The summed E-state index contributed by atoms with van der Waals surface area (Å²) in [4.78, 5) is 10.2. The molecule has 4 heteroatoms. The molecule has 0 atom stereocenters. The van der Waals surface area contributed by atoms with Crippen LogP contribution in [0.4, 0.5) is 11.6 Å². The van der Waals surface area contributed by atoms with Crippen LogP contribution in [-0.2, 0) is 0 Å². The van der Waals surface area contributed by atoms with Gasteiger partial charge in [0, 0.05) is 13.2 Å². The second-order valence-corrected chi connectivity index (χ2v) is 3.24. The summed E-state index contributed by atoms with van der Waals surface area (Å²) in [7, 11) is 1.87. The van der Waals surface area contributed by atoms with Gasteiger partial charge in [0.2, 0.25) is 0 Å². The summed E-state index contributed by atoms with van der Waals surface area (Å²) in [6, 6.07) is 13.0. The van der Waals surface area contributed by atoms with Gasteiger partial charge in [0.15, 0.2) is 0 Å². The lowest BCUT2D eigenvalue weighted by Crippen LogP contribution is -2.12. The summed E-state index contributed by atoms with van der Waals surface area (Å²) in [6.07, 6.45) is 1.72. The maximum atomic E-state index is 8.77. The summed E-state index contributed by atoms with van der Waals surface area (Å²) in [5, 5.41) is 8.77. The van der Waals surface area contributed by atoms with E-state index in [1.165, 1.54) is 0 Å². The minimum absolute atomic E-state index is 0.403. The smallest absolute Gasteiger partial charge is 0.142 e. The molecule has 0 bridgehead atoms. The SMILES string of the molecule is CN(c1ccccn1)c1cccc(C#N)n1. The van der Waals surface area contributed by atoms with Crippen molar-refractivity contribution in [2.24, 2.45) is 0 Å². The van der Waals surface area contributed by atoms with E-state index >= 15 is 0 Å². The fourth-order valence-corrected chi connectivity index (χ4v) is 1.34. The van der Waals surface area contributed by atoms with E-state index in [-0.39, 0.29) is 0 Å². The minimum atomic E-state index is 0.403. The molecule has 0 fully saturated rings. The molecule has 0 saturated carbocycles. The first kappa shape index (κ1) is 10.1. The molecule has 0 N–H and O–H groups in total. The molecule has 0 amide bonds. The Labute approximate surface area is 93.8 Å². The van der Waals surface area contributed by atoms with Crippen LogP contribution in [-0.4, -0.2) is 17.0 Å². The van der Waals surface area contributed by atoms with E-state index in [2.05, 4.69) is 9.97 Å². The summed E-state index contributed by atoms with van der Waals surface area (Å²) >= 11 is 0. The number of hydrogen-bond donors (Lipinski definition) is 0. The molecule has 2 heterocycles. The van der Waals surface area contributed by atoms with Crippen LogP contribution in [0.15, 0.2) is 42.6 Å². The van der Waals surface area contributed by atoms with Crippen LogP contribution in [0.3, 0.4) is 0 Å². The van der Waals surface area contributed by atoms with Gasteiger partial charge in [0.1, 0.15) is 23.4 Å². The van der Waals surface area contributed by atoms with Gasteiger partial charge in [0.25, 0.3) is 0 Å². The van der Waals surface area contributed by atoms with Crippen molar-refractivity contribution in [3.63, 3.8) is 0 Å². The van der Waals surface area contributed by atoms with Crippen molar-refractivity contribution in [1.29, 1.82) is 5.26 Å². The van der Waals surface area contributed by atoms with Crippen LogP contribution in [0.5, 0.6) is 0 Å². The molecule has 0 aliphatic carbocycles. The number of aromatic nitrogens is 2. The highest BCUT2D eigenvalue weighted by molar-refractivity contribution is 5.55. The lowest BCUT2D eigenvalue weighted by molar-refractivity contribution is 1.07. The molecule has 0 spiro atoms. The average molecular weight is 210 g/mol. The normalized spacial score (nSPS) is 9.50. The molecular formula is C12H10N4. The molecule has 0 radical (unpaired) electrons. The van der Waals surface area contributed by atoms with E-state index < -0.39 is 0 Å². The van der Waals surface area contributed by atoms with Gasteiger partial charge in [-0.3, -0.25) is 0 Å². The molecule has 4 nitrogen and oxygen atoms in total. The average Bonchev–Trinajstić information content (AvgIpc) is 2.39. The Hall–Kier alpha value is -2.41. The monoisotopic (exact) mass is 210 g/mol. The van der Waals surface area contributed by atoms with E-state index in [0.717, 1.165) is 5.82 Å². The number of pyridine rings is 2. The zero-order valence-corrected chi connectivity index (χ0v) is 8.83. The Morgan fingerprint density at radius 1 is 1.12 bits per heavy atom. The second kappa shape index (κ2) is 4.41. The molecule has 2 aromatic rings. The van der Waals surface area contributed by atoms with Crippen molar-refractivity contribution in [3.8, 4) is 6.07 Å².